The van der Waals surface area contributed by atoms with Crippen molar-refractivity contribution >= 4 is 22.7 Å². The van der Waals surface area contributed by atoms with Gasteiger partial charge in [0.2, 0.25) is 5.95 Å². The van der Waals surface area contributed by atoms with Crippen molar-refractivity contribution in [1.29, 1.82) is 0 Å². The van der Waals surface area contributed by atoms with E-state index in [4.69, 9.17) is 4.98 Å². The molecule has 3 aromatic heterocycles. The van der Waals surface area contributed by atoms with Crippen molar-refractivity contribution in [3.63, 3.8) is 0 Å². The monoisotopic (exact) mass is 406 g/mol. The highest BCUT2D eigenvalue weighted by Gasteiger charge is 2.10. The minimum atomic E-state index is 0.541. The highest BCUT2D eigenvalue weighted by molar-refractivity contribution is 5.81. The summed E-state index contributed by atoms with van der Waals surface area (Å²) in [6.07, 6.45) is 6.29. The number of fused-ring (bicyclic) bond motifs is 1. The third-order valence-electron chi connectivity index (χ3n) is 5.33. The van der Waals surface area contributed by atoms with E-state index in [1.54, 1.807) is 18.6 Å². The average Bonchev–Trinajstić information content (AvgIpc) is 3.24. The van der Waals surface area contributed by atoms with Crippen LogP contribution in [0.5, 0.6) is 0 Å². The first kappa shape index (κ1) is 18.9. The molecular formula is C25H22N6. The molecule has 0 saturated heterocycles. The van der Waals surface area contributed by atoms with Gasteiger partial charge in [-0.25, -0.2) is 15.0 Å². The molecule has 0 aliphatic carbocycles. The largest absolute Gasteiger partial charge is 0.338 e. The lowest BCUT2D eigenvalue weighted by molar-refractivity contribution is 1.14. The summed E-state index contributed by atoms with van der Waals surface area (Å²) in [6.45, 7) is 4.21. The number of pyridine rings is 1. The molecule has 0 aliphatic rings. The number of H-pyrrole nitrogens is 1. The number of nitrogens with one attached hydrogen (secondary N) is 2. The number of aromatic nitrogens is 5. The van der Waals surface area contributed by atoms with Crippen LogP contribution in [-0.4, -0.2) is 24.9 Å². The Morgan fingerprint density at radius 3 is 2.71 bits per heavy atom. The number of nitrogens with zero attached hydrogens (tertiary/aromatic N) is 4. The van der Waals surface area contributed by atoms with Crippen LogP contribution >= 0.6 is 0 Å². The second-order valence-electron chi connectivity index (χ2n) is 7.45. The number of aromatic amines is 1. The van der Waals surface area contributed by atoms with Crippen molar-refractivity contribution in [3.05, 3.63) is 84.3 Å². The molecule has 2 N–H and O–H groups in total. The number of imidazole rings is 1. The minimum Gasteiger partial charge on any atom is -0.338 e. The van der Waals surface area contributed by atoms with E-state index in [0.29, 0.717) is 5.95 Å². The lowest BCUT2D eigenvalue weighted by Gasteiger charge is -2.10. The first-order valence-electron chi connectivity index (χ1n) is 10.3. The number of aryl methyl sites for hydroxylation is 2. The van der Waals surface area contributed by atoms with Crippen molar-refractivity contribution in [2.75, 3.05) is 5.32 Å². The molecule has 0 bridgehead atoms. The van der Waals surface area contributed by atoms with E-state index >= 15 is 0 Å². The maximum Gasteiger partial charge on any atom is 0.227 e. The SMILES string of the molecule is CCc1ccc2[nH]c(-c3ccc(C)c(Nc4nccc(-c5cccnc5)n4)c3)nc2c1. The molecule has 0 spiro atoms. The van der Waals surface area contributed by atoms with E-state index in [9.17, 15) is 0 Å². The van der Waals surface area contributed by atoms with Crippen molar-refractivity contribution in [3.8, 4) is 22.6 Å². The molecule has 5 aromatic rings. The van der Waals surface area contributed by atoms with Gasteiger partial charge in [-0.1, -0.05) is 25.1 Å². The third kappa shape index (κ3) is 3.88. The quantitative estimate of drug-likeness (QED) is 0.392. The van der Waals surface area contributed by atoms with Crippen LogP contribution in [0, 0.1) is 6.92 Å². The predicted molar refractivity (Wildman–Crippen MR) is 124 cm³/mol. The Morgan fingerprint density at radius 2 is 1.87 bits per heavy atom. The van der Waals surface area contributed by atoms with Crippen molar-refractivity contribution in [1.82, 2.24) is 24.9 Å². The Hall–Kier alpha value is -4.06. The van der Waals surface area contributed by atoms with Gasteiger partial charge >= 0.3 is 0 Å². The topological polar surface area (TPSA) is 79.4 Å². The van der Waals surface area contributed by atoms with Crippen LogP contribution in [0.3, 0.4) is 0 Å². The van der Waals surface area contributed by atoms with Gasteiger partial charge in [0, 0.05) is 35.4 Å². The zero-order valence-corrected chi connectivity index (χ0v) is 17.4. The van der Waals surface area contributed by atoms with E-state index in [0.717, 1.165) is 51.4 Å². The Balaban J connectivity index is 1.47. The molecule has 0 radical (unpaired) electrons. The lowest BCUT2D eigenvalue weighted by Crippen LogP contribution is -2.00. The maximum absolute atomic E-state index is 4.80. The molecule has 2 aromatic carbocycles. The molecule has 5 rings (SSSR count). The van der Waals surface area contributed by atoms with E-state index in [1.165, 1.54) is 5.56 Å². The lowest BCUT2D eigenvalue weighted by atomic mass is 10.1. The number of benzene rings is 2. The Labute approximate surface area is 180 Å². The molecule has 31 heavy (non-hydrogen) atoms. The van der Waals surface area contributed by atoms with Crippen LogP contribution in [-0.2, 0) is 6.42 Å². The highest BCUT2D eigenvalue weighted by atomic mass is 15.1. The minimum absolute atomic E-state index is 0.541. The first-order valence-corrected chi connectivity index (χ1v) is 10.3. The smallest absolute Gasteiger partial charge is 0.227 e. The van der Waals surface area contributed by atoms with Gasteiger partial charge in [-0.15, -0.1) is 0 Å². The van der Waals surface area contributed by atoms with Crippen LogP contribution in [0.25, 0.3) is 33.7 Å². The van der Waals surface area contributed by atoms with Crippen molar-refractivity contribution in [2.45, 2.75) is 20.3 Å². The normalized spacial score (nSPS) is 11.0. The fourth-order valence-electron chi connectivity index (χ4n) is 3.53. The molecule has 0 aliphatic heterocycles. The van der Waals surface area contributed by atoms with E-state index in [1.807, 2.05) is 18.2 Å². The van der Waals surface area contributed by atoms with Crippen molar-refractivity contribution < 1.29 is 0 Å². The van der Waals surface area contributed by atoms with Crippen LogP contribution < -0.4 is 5.32 Å². The summed E-state index contributed by atoms with van der Waals surface area (Å²) in [4.78, 5) is 21.4. The molecule has 3 heterocycles. The Kier molecular flexibility index (Phi) is 4.88. The molecule has 0 amide bonds. The van der Waals surface area contributed by atoms with Crippen molar-refractivity contribution in [2.24, 2.45) is 0 Å². The molecule has 6 heteroatoms. The summed E-state index contributed by atoms with van der Waals surface area (Å²) in [5, 5.41) is 3.36. The average molecular weight is 406 g/mol. The summed E-state index contributed by atoms with van der Waals surface area (Å²) in [5.41, 5.74) is 8.12. The molecule has 0 unspecified atom stereocenters. The van der Waals surface area contributed by atoms with Gasteiger partial charge in [-0.2, -0.15) is 0 Å². The van der Waals surface area contributed by atoms with Crippen LogP contribution in [0.1, 0.15) is 18.1 Å². The zero-order valence-electron chi connectivity index (χ0n) is 17.4. The van der Waals surface area contributed by atoms with Gasteiger partial charge in [-0.3, -0.25) is 4.98 Å². The molecule has 152 valence electrons. The van der Waals surface area contributed by atoms with Gasteiger partial charge in [0.15, 0.2) is 0 Å². The highest BCUT2D eigenvalue weighted by Crippen LogP contribution is 2.28. The standard InChI is InChI=1S/C25H22N6/c1-3-17-7-9-21-23(13-17)29-24(28-21)18-8-6-16(2)22(14-18)31-25-27-12-10-20(30-25)19-5-4-11-26-15-19/h4-15H,3H2,1-2H3,(H,28,29)(H,27,30,31). The van der Waals surface area contributed by atoms with Crippen LogP contribution in [0.15, 0.2) is 73.2 Å². The molecule has 0 fully saturated rings. The van der Waals surface area contributed by atoms with Crippen LogP contribution in [0.4, 0.5) is 11.6 Å². The summed E-state index contributed by atoms with van der Waals surface area (Å²) in [6, 6.07) is 18.4. The molecule has 0 atom stereocenters. The van der Waals surface area contributed by atoms with Gasteiger partial charge in [0.25, 0.3) is 0 Å². The summed E-state index contributed by atoms with van der Waals surface area (Å²) < 4.78 is 0. The molecular weight excluding hydrogens is 384 g/mol. The molecule has 6 nitrogen and oxygen atoms in total. The van der Waals surface area contributed by atoms with Gasteiger partial charge < -0.3 is 10.3 Å². The second kappa shape index (κ2) is 7.99. The number of anilines is 2. The van der Waals surface area contributed by atoms with E-state index < -0.39 is 0 Å². The fraction of sp³-hybridized carbons (Fsp3) is 0.120. The van der Waals surface area contributed by atoms with E-state index in [2.05, 4.69) is 75.5 Å². The van der Waals surface area contributed by atoms with E-state index in [-0.39, 0.29) is 0 Å². The zero-order chi connectivity index (χ0) is 21.2. The Morgan fingerprint density at radius 1 is 0.935 bits per heavy atom. The number of hydrogen-bond acceptors (Lipinski definition) is 5. The maximum atomic E-state index is 4.80. The number of rotatable bonds is 5. The van der Waals surface area contributed by atoms with Crippen LogP contribution in [0.2, 0.25) is 0 Å². The second-order valence-corrected chi connectivity index (χ2v) is 7.45. The van der Waals surface area contributed by atoms with Gasteiger partial charge in [0.05, 0.1) is 16.7 Å². The van der Waals surface area contributed by atoms with Gasteiger partial charge in [0.1, 0.15) is 5.82 Å². The summed E-state index contributed by atoms with van der Waals surface area (Å²) in [5.74, 6) is 1.38. The fourth-order valence-corrected chi connectivity index (χ4v) is 3.53. The summed E-state index contributed by atoms with van der Waals surface area (Å²) >= 11 is 0. The summed E-state index contributed by atoms with van der Waals surface area (Å²) in [7, 11) is 0. The predicted octanol–water partition coefficient (Wildman–Crippen LogP) is 5.70. The Bertz CT molecular complexity index is 1360. The van der Waals surface area contributed by atoms with Gasteiger partial charge in [-0.05, 0) is 60.9 Å². The number of hydrogen-bond donors (Lipinski definition) is 2. The first-order chi connectivity index (χ1) is 15.2. The molecule has 0 saturated carbocycles. The third-order valence-corrected chi connectivity index (χ3v) is 5.33.